The molecule has 0 N–H and O–H groups in total. The quantitative estimate of drug-likeness (QED) is 0.862. The number of aryl methyl sites for hydroxylation is 3. The van der Waals surface area contributed by atoms with E-state index in [1.54, 1.807) is 0 Å². The summed E-state index contributed by atoms with van der Waals surface area (Å²) in [7, 11) is 1.86. The zero-order valence-electron chi connectivity index (χ0n) is 11.2. The largest absolute Gasteiger partial charge is 0.483 e. The summed E-state index contributed by atoms with van der Waals surface area (Å²) in [4.78, 5) is 16.4. The highest BCUT2D eigenvalue weighted by molar-refractivity contribution is 7.07. The smallest absolute Gasteiger partial charge is 0.286 e. The zero-order valence-corrected chi connectivity index (χ0v) is 12.0. The summed E-state index contributed by atoms with van der Waals surface area (Å²) in [6.45, 7) is 3.88. The van der Waals surface area contributed by atoms with Crippen LogP contribution in [0.4, 0.5) is 0 Å². The molecule has 1 heterocycles. The number of aromatic nitrogens is 1. The van der Waals surface area contributed by atoms with Crippen molar-refractivity contribution in [3.05, 3.63) is 45.7 Å². The number of amides is 1. The van der Waals surface area contributed by atoms with Gasteiger partial charge in [-0.25, -0.2) is 0 Å². The average Bonchev–Trinajstić information content (AvgIpc) is 2.74. The van der Waals surface area contributed by atoms with Crippen molar-refractivity contribution in [2.75, 3.05) is 6.61 Å². The van der Waals surface area contributed by atoms with Crippen molar-refractivity contribution in [1.29, 1.82) is 0 Å². The Bertz CT molecular complexity index is 635. The van der Waals surface area contributed by atoms with Crippen LogP contribution in [0.15, 0.2) is 34.8 Å². The Balaban J connectivity index is 2.08. The standard InChI is InChI=1S/C14H16N2O2S/c1-10-5-4-6-11(2)13(10)18-9-12(17)15-14-16(3)7-8-19-14/h4-8H,9H2,1-3H3. The minimum Gasteiger partial charge on any atom is -0.483 e. The molecule has 0 spiro atoms. The number of benzene rings is 1. The topological polar surface area (TPSA) is 43.6 Å². The van der Waals surface area contributed by atoms with Crippen LogP contribution in [0, 0.1) is 13.8 Å². The Hall–Kier alpha value is -1.88. The van der Waals surface area contributed by atoms with Crippen molar-refractivity contribution >= 4 is 17.2 Å². The summed E-state index contributed by atoms with van der Waals surface area (Å²) >= 11 is 1.43. The van der Waals surface area contributed by atoms with Crippen molar-refractivity contribution in [3.8, 4) is 5.75 Å². The Labute approximate surface area is 116 Å². The maximum absolute atomic E-state index is 11.8. The summed E-state index contributed by atoms with van der Waals surface area (Å²) < 4.78 is 7.38. The van der Waals surface area contributed by atoms with Crippen LogP contribution in [0.5, 0.6) is 5.75 Å². The van der Waals surface area contributed by atoms with E-state index in [1.165, 1.54) is 11.3 Å². The number of hydrogen-bond acceptors (Lipinski definition) is 3. The predicted octanol–water partition coefficient (Wildman–Crippen LogP) is 2.21. The number of hydrogen-bond donors (Lipinski definition) is 0. The molecule has 0 saturated carbocycles. The van der Waals surface area contributed by atoms with Crippen LogP contribution in [0.3, 0.4) is 0 Å². The van der Waals surface area contributed by atoms with Crippen LogP contribution in [-0.2, 0) is 11.8 Å². The molecular weight excluding hydrogens is 260 g/mol. The lowest BCUT2D eigenvalue weighted by molar-refractivity contribution is -0.120. The van der Waals surface area contributed by atoms with Crippen LogP contribution in [0.25, 0.3) is 0 Å². The van der Waals surface area contributed by atoms with Crippen LogP contribution >= 0.6 is 11.3 Å². The summed E-state index contributed by atoms with van der Waals surface area (Å²) in [5.74, 6) is 0.488. The fraction of sp³-hybridized carbons (Fsp3) is 0.286. The minimum atomic E-state index is -0.277. The monoisotopic (exact) mass is 276 g/mol. The second-order valence-corrected chi connectivity index (χ2v) is 5.18. The average molecular weight is 276 g/mol. The van der Waals surface area contributed by atoms with Crippen LogP contribution in [0.2, 0.25) is 0 Å². The number of thiazole rings is 1. The Morgan fingerprint density at radius 3 is 2.63 bits per heavy atom. The normalized spacial score (nSPS) is 11.6. The highest BCUT2D eigenvalue weighted by Crippen LogP contribution is 2.22. The van der Waals surface area contributed by atoms with Crippen LogP contribution in [-0.4, -0.2) is 17.1 Å². The van der Waals surface area contributed by atoms with Crippen LogP contribution < -0.4 is 9.54 Å². The molecule has 0 aliphatic heterocycles. The van der Waals surface area contributed by atoms with Gasteiger partial charge in [-0.3, -0.25) is 4.79 Å². The third-order valence-electron chi connectivity index (χ3n) is 2.73. The Morgan fingerprint density at radius 1 is 1.37 bits per heavy atom. The number of carbonyl (C=O) groups excluding carboxylic acids is 1. The Morgan fingerprint density at radius 2 is 2.05 bits per heavy atom. The molecule has 19 heavy (non-hydrogen) atoms. The molecule has 0 aliphatic carbocycles. The van der Waals surface area contributed by atoms with Crippen molar-refractivity contribution in [3.63, 3.8) is 0 Å². The van der Waals surface area contributed by atoms with Gasteiger partial charge in [0, 0.05) is 18.6 Å². The van der Waals surface area contributed by atoms with Gasteiger partial charge in [0.25, 0.3) is 5.91 Å². The molecule has 0 bridgehead atoms. The maximum Gasteiger partial charge on any atom is 0.286 e. The maximum atomic E-state index is 11.8. The fourth-order valence-corrected chi connectivity index (χ4v) is 2.48. The van der Waals surface area contributed by atoms with Crippen molar-refractivity contribution < 1.29 is 9.53 Å². The molecule has 5 heteroatoms. The number of ether oxygens (including phenoxy) is 1. The van der Waals surface area contributed by atoms with Crippen molar-refractivity contribution in [2.45, 2.75) is 13.8 Å². The van der Waals surface area contributed by atoms with Gasteiger partial charge in [-0.15, -0.1) is 11.3 Å². The van der Waals surface area contributed by atoms with Gasteiger partial charge in [0.05, 0.1) is 0 Å². The molecular formula is C14H16N2O2S. The van der Waals surface area contributed by atoms with E-state index in [0.717, 1.165) is 16.9 Å². The van der Waals surface area contributed by atoms with E-state index in [9.17, 15) is 4.79 Å². The van der Waals surface area contributed by atoms with Gasteiger partial charge >= 0.3 is 0 Å². The van der Waals surface area contributed by atoms with Crippen molar-refractivity contribution in [2.24, 2.45) is 12.0 Å². The molecule has 0 unspecified atom stereocenters. The third kappa shape index (κ3) is 3.32. The second kappa shape index (κ2) is 5.84. The molecule has 1 amide bonds. The lowest BCUT2D eigenvalue weighted by Gasteiger charge is -2.09. The molecule has 0 radical (unpaired) electrons. The van der Waals surface area contributed by atoms with Gasteiger partial charge in [0.2, 0.25) is 0 Å². The molecule has 100 valence electrons. The lowest BCUT2D eigenvalue weighted by Crippen LogP contribution is -2.17. The molecule has 2 aromatic rings. The SMILES string of the molecule is Cc1cccc(C)c1OCC(=O)N=c1sccn1C. The molecule has 1 aromatic heterocycles. The number of nitrogens with zero attached hydrogens (tertiary/aromatic N) is 2. The predicted molar refractivity (Wildman–Crippen MR) is 75.3 cm³/mol. The summed E-state index contributed by atoms with van der Waals surface area (Å²) in [6.07, 6.45) is 1.86. The van der Waals surface area contributed by atoms with E-state index >= 15 is 0 Å². The highest BCUT2D eigenvalue weighted by atomic mass is 32.1. The van der Waals surface area contributed by atoms with E-state index in [-0.39, 0.29) is 12.5 Å². The summed E-state index contributed by atoms with van der Waals surface area (Å²) in [5.41, 5.74) is 2.05. The first-order valence-electron chi connectivity index (χ1n) is 5.94. The van der Waals surface area contributed by atoms with E-state index in [2.05, 4.69) is 4.99 Å². The molecule has 0 aliphatic rings. The van der Waals surface area contributed by atoms with Crippen molar-refractivity contribution in [1.82, 2.24) is 4.57 Å². The number of para-hydroxylation sites is 1. The number of rotatable bonds is 3. The van der Waals surface area contributed by atoms with Gasteiger partial charge in [-0.2, -0.15) is 4.99 Å². The van der Waals surface area contributed by atoms with Gasteiger partial charge in [0.15, 0.2) is 11.4 Å². The number of carbonyl (C=O) groups is 1. The molecule has 0 saturated heterocycles. The van der Waals surface area contributed by atoms with Crippen LogP contribution in [0.1, 0.15) is 11.1 Å². The van der Waals surface area contributed by atoms with E-state index in [4.69, 9.17) is 4.74 Å². The zero-order chi connectivity index (χ0) is 13.8. The summed E-state index contributed by atoms with van der Waals surface area (Å²) in [6, 6.07) is 5.89. The van der Waals surface area contributed by atoms with Gasteiger partial charge in [0.1, 0.15) is 5.75 Å². The molecule has 2 rings (SSSR count). The lowest BCUT2D eigenvalue weighted by atomic mass is 10.1. The minimum absolute atomic E-state index is 0.0381. The highest BCUT2D eigenvalue weighted by Gasteiger charge is 2.06. The first-order chi connectivity index (χ1) is 9.08. The molecule has 4 nitrogen and oxygen atoms in total. The third-order valence-corrected chi connectivity index (χ3v) is 3.58. The first kappa shape index (κ1) is 13.5. The second-order valence-electron chi connectivity index (χ2n) is 4.31. The fourth-order valence-electron chi connectivity index (χ4n) is 1.73. The molecule has 0 fully saturated rings. The van der Waals surface area contributed by atoms with Gasteiger partial charge in [-0.1, -0.05) is 18.2 Å². The Kier molecular flexibility index (Phi) is 4.16. The molecule has 1 aromatic carbocycles. The first-order valence-corrected chi connectivity index (χ1v) is 6.82. The summed E-state index contributed by atoms with van der Waals surface area (Å²) in [5, 5.41) is 1.89. The van der Waals surface area contributed by atoms with Gasteiger partial charge in [-0.05, 0) is 25.0 Å². The van der Waals surface area contributed by atoms with Gasteiger partial charge < -0.3 is 9.30 Å². The van der Waals surface area contributed by atoms with E-state index in [1.807, 2.05) is 55.2 Å². The van der Waals surface area contributed by atoms with E-state index < -0.39 is 0 Å². The van der Waals surface area contributed by atoms with E-state index in [0.29, 0.717) is 4.80 Å². The molecule has 0 atom stereocenters.